The molecule has 1 aromatic rings. The maximum atomic E-state index is 13.0. The quantitative estimate of drug-likeness (QED) is 0.558. The number of carbonyl (C=O) groups is 2. The molecule has 1 saturated carbocycles. The van der Waals surface area contributed by atoms with Crippen LogP contribution in [-0.2, 0) is 9.53 Å². The first-order valence-electron chi connectivity index (χ1n) is 8.98. The van der Waals surface area contributed by atoms with E-state index >= 15 is 0 Å². The largest absolute Gasteiger partial charge is 0.481 e. The Morgan fingerprint density at radius 2 is 1.85 bits per heavy atom. The average Bonchev–Trinajstić information content (AvgIpc) is 3.09. The van der Waals surface area contributed by atoms with E-state index in [4.69, 9.17) is 9.84 Å². The second kappa shape index (κ2) is 9.52. The smallest absolute Gasteiger partial charge is 0.324 e. The minimum atomic E-state index is -0.904. The van der Waals surface area contributed by atoms with E-state index in [1.807, 2.05) is 4.90 Å². The van der Waals surface area contributed by atoms with Gasteiger partial charge in [0, 0.05) is 25.3 Å². The zero-order chi connectivity index (χ0) is 18.4. The number of nitrogens with one attached hydrogen (secondary N) is 1. The molecule has 8 nitrogen and oxygen atoms in total. The molecule has 2 heterocycles. The molecule has 0 aromatic carbocycles. The number of ether oxygens (including phenoxy) is 1. The van der Waals surface area contributed by atoms with Crippen LogP contribution in [0.2, 0.25) is 0 Å². The lowest BCUT2D eigenvalue weighted by Crippen LogP contribution is -2.51. The zero-order valence-electron chi connectivity index (χ0n) is 14.6. The predicted molar refractivity (Wildman–Crippen MR) is 99.8 cm³/mol. The van der Waals surface area contributed by atoms with Gasteiger partial charge < -0.3 is 14.7 Å². The van der Waals surface area contributed by atoms with Gasteiger partial charge in [-0.15, -0.1) is 10.2 Å². The summed E-state index contributed by atoms with van der Waals surface area (Å²) >= 11 is 2.31. The lowest BCUT2D eigenvalue weighted by Gasteiger charge is -2.41. The first-order valence-corrected chi connectivity index (χ1v) is 10.8. The number of amides is 2. The van der Waals surface area contributed by atoms with Crippen LogP contribution in [0.15, 0.2) is 4.34 Å². The van der Waals surface area contributed by atoms with E-state index in [2.05, 4.69) is 15.5 Å². The number of aliphatic carboxylic acids is 1. The third-order valence-corrected chi connectivity index (χ3v) is 6.68. The second-order valence-corrected chi connectivity index (χ2v) is 8.73. The highest BCUT2D eigenvalue weighted by atomic mass is 32.2. The van der Waals surface area contributed by atoms with Crippen molar-refractivity contribution in [1.29, 1.82) is 0 Å². The van der Waals surface area contributed by atoms with Crippen LogP contribution in [0.1, 0.15) is 44.9 Å². The molecule has 0 unspecified atom stereocenters. The Morgan fingerprint density at radius 1 is 1.15 bits per heavy atom. The number of carboxylic acids is 1. The molecule has 2 aliphatic rings. The van der Waals surface area contributed by atoms with E-state index in [-0.39, 0.29) is 23.9 Å². The van der Waals surface area contributed by atoms with Gasteiger partial charge >= 0.3 is 12.0 Å². The molecule has 0 atom stereocenters. The number of carboxylic acid groups (broad SMARTS) is 1. The molecule has 0 bridgehead atoms. The number of rotatable bonds is 6. The first-order chi connectivity index (χ1) is 12.6. The molecule has 3 rings (SSSR count). The number of hydrogen-bond acceptors (Lipinski definition) is 7. The number of thioether (sulfide) groups is 1. The van der Waals surface area contributed by atoms with Crippen LogP contribution in [0.25, 0.3) is 0 Å². The summed E-state index contributed by atoms with van der Waals surface area (Å²) in [5.41, 5.74) is 0. The molecule has 144 valence electrons. The molecule has 1 saturated heterocycles. The number of urea groups is 1. The molecule has 2 amide bonds. The van der Waals surface area contributed by atoms with Gasteiger partial charge in [0.05, 0.1) is 5.75 Å². The summed E-state index contributed by atoms with van der Waals surface area (Å²) in [6.45, 7) is 1.38. The lowest BCUT2D eigenvalue weighted by atomic mass is 9.92. The summed E-state index contributed by atoms with van der Waals surface area (Å²) < 4.78 is 6.00. The topological polar surface area (TPSA) is 105 Å². The van der Waals surface area contributed by atoms with E-state index in [1.54, 1.807) is 0 Å². The standard InChI is InChI=1S/C16H24N4O4S2/c21-13(22)10-25-16-19-18-14(26-16)17-15(23)20(11-4-2-1-3-5-11)12-6-8-24-9-7-12/h11-12H,1-10H2,(H,21,22)(H,17,18,23). The Labute approximate surface area is 160 Å². The van der Waals surface area contributed by atoms with Crippen molar-refractivity contribution in [3.63, 3.8) is 0 Å². The third kappa shape index (κ3) is 5.31. The molecule has 1 aliphatic heterocycles. The minimum Gasteiger partial charge on any atom is -0.481 e. The fraction of sp³-hybridized carbons (Fsp3) is 0.750. The highest BCUT2D eigenvalue weighted by molar-refractivity contribution is 8.01. The first kappa shape index (κ1) is 19.4. The maximum absolute atomic E-state index is 13.0. The van der Waals surface area contributed by atoms with Crippen molar-refractivity contribution in [3.05, 3.63) is 0 Å². The van der Waals surface area contributed by atoms with Crippen LogP contribution >= 0.6 is 23.1 Å². The SMILES string of the molecule is O=C(O)CSc1nnc(NC(=O)N(C2CCCCC2)C2CCOCC2)s1. The van der Waals surface area contributed by atoms with Crippen LogP contribution in [0.5, 0.6) is 0 Å². The van der Waals surface area contributed by atoms with Gasteiger partial charge in [0.1, 0.15) is 0 Å². The lowest BCUT2D eigenvalue weighted by molar-refractivity contribution is -0.133. The molecule has 0 spiro atoms. The number of aromatic nitrogens is 2. The number of carbonyl (C=O) groups excluding carboxylic acids is 1. The van der Waals surface area contributed by atoms with Crippen molar-refractivity contribution in [1.82, 2.24) is 15.1 Å². The van der Waals surface area contributed by atoms with Crippen LogP contribution < -0.4 is 5.32 Å². The molecule has 10 heteroatoms. The van der Waals surface area contributed by atoms with Gasteiger partial charge in [0.2, 0.25) is 5.13 Å². The third-order valence-electron chi connectivity index (χ3n) is 4.73. The number of nitrogens with zero attached hydrogens (tertiary/aromatic N) is 3. The number of hydrogen-bond donors (Lipinski definition) is 2. The summed E-state index contributed by atoms with van der Waals surface area (Å²) in [6, 6.07) is 0.330. The summed E-state index contributed by atoms with van der Waals surface area (Å²) in [6.07, 6.45) is 7.36. The fourth-order valence-electron chi connectivity index (χ4n) is 3.55. The molecular weight excluding hydrogens is 376 g/mol. The van der Waals surface area contributed by atoms with Crippen molar-refractivity contribution in [2.24, 2.45) is 0 Å². The van der Waals surface area contributed by atoms with E-state index in [0.717, 1.165) is 50.3 Å². The van der Waals surface area contributed by atoms with Gasteiger partial charge in [0.15, 0.2) is 4.34 Å². The second-order valence-electron chi connectivity index (χ2n) is 6.53. The fourth-order valence-corrected chi connectivity index (χ4v) is 5.01. The summed E-state index contributed by atoms with van der Waals surface area (Å²) in [4.78, 5) is 25.7. The molecule has 26 heavy (non-hydrogen) atoms. The molecular formula is C16H24N4O4S2. The summed E-state index contributed by atoms with van der Waals surface area (Å²) in [5.74, 6) is -0.974. The van der Waals surface area contributed by atoms with Crippen LogP contribution in [-0.4, -0.2) is 63.3 Å². The maximum Gasteiger partial charge on any atom is 0.324 e. The van der Waals surface area contributed by atoms with E-state index in [0.29, 0.717) is 22.7 Å². The van der Waals surface area contributed by atoms with Crippen LogP contribution in [0.4, 0.5) is 9.93 Å². The Hall–Kier alpha value is -1.39. The van der Waals surface area contributed by atoms with E-state index < -0.39 is 5.97 Å². The average molecular weight is 401 g/mol. The minimum absolute atomic E-state index is 0.0706. The Morgan fingerprint density at radius 3 is 2.54 bits per heavy atom. The van der Waals surface area contributed by atoms with Crippen LogP contribution in [0, 0.1) is 0 Å². The Bertz CT molecular complexity index is 597. The summed E-state index contributed by atoms with van der Waals surface area (Å²) in [5, 5.41) is 19.9. The Kier molecular flexibility index (Phi) is 7.09. The van der Waals surface area contributed by atoms with Crippen LogP contribution in [0.3, 0.4) is 0 Å². The van der Waals surface area contributed by atoms with Gasteiger partial charge in [-0.25, -0.2) is 4.79 Å². The highest BCUT2D eigenvalue weighted by Gasteiger charge is 2.33. The van der Waals surface area contributed by atoms with Crippen molar-refractivity contribution >= 4 is 40.2 Å². The highest BCUT2D eigenvalue weighted by Crippen LogP contribution is 2.30. The predicted octanol–water partition coefficient (Wildman–Crippen LogP) is 3.06. The Balaban J connectivity index is 1.65. The van der Waals surface area contributed by atoms with Gasteiger partial charge in [-0.2, -0.15) is 0 Å². The number of anilines is 1. The zero-order valence-corrected chi connectivity index (χ0v) is 16.2. The van der Waals surface area contributed by atoms with E-state index in [1.165, 1.54) is 17.8 Å². The van der Waals surface area contributed by atoms with Gasteiger partial charge in [-0.05, 0) is 25.7 Å². The summed E-state index contributed by atoms with van der Waals surface area (Å²) in [7, 11) is 0. The van der Waals surface area contributed by atoms with Gasteiger partial charge in [-0.3, -0.25) is 10.1 Å². The van der Waals surface area contributed by atoms with Crippen molar-refractivity contribution in [2.45, 2.75) is 61.4 Å². The molecule has 2 N–H and O–H groups in total. The molecule has 2 fully saturated rings. The normalized spacial score (nSPS) is 19.2. The van der Waals surface area contributed by atoms with Crippen molar-refractivity contribution < 1.29 is 19.4 Å². The molecule has 0 radical (unpaired) electrons. The molecule has 1 aliphatic carbocycles. The van der Waals surface area contributed by atoms with Crippen molar-refractivity contribution in [2.75, 3.05) is 24.3 Å². The van der Waals surface area contributed by atoms with Gasteiger partial charge in [0.25, 0.3) is 0 Å². The van der Waals surface area contributed by atoms with Gasteiger partial charge in [-0.1, -0.05) is 42.4 Å². The monoisotopic (exact) mass is 400 g/mol. The molecule has 1 aromatic heterocycles. The van der Waals surface area contributed by atoms with Crippen molar-refractivity contribution in [3.8, 4) is 0 Å². The van der Waals surface area contributed by atoms with E-state index in [9.17, 15) is 9.59 Å².